The van der Waals surface area contributed by atoms with Crippen molar-refractivity contribution in [1.82, 2.24) is 4.57 Å². The number of hydrogen-bond donors (Lipinski definition) is 0. The van der Waals surface area contributed by atoms with E-state index in [1.165, 1.54) is 49.9 Å². The predicted molar refractivity (Wildman–Crippen MR) is 213 cm³/mol. The van der Waals surface area contributed by atoms with Crippen molar-refractivity contribution in [3.63, 3.8) is 0 Å². The van der Waals surface area contributed by atoms with Gasteiger partial charge < -0.3 is 9.80 Å². The first-order valence-corrected chi connectivity index (χ1v) is 17.9. The van der Waals surface area contributed by atoms with Gasteiger partial charge in [0.15, 0.2) is 6.04 Å². The van der Waals surface area contributed by atoms with E-state index in [-0.39, 0.29) is 6.04 Å². The Kier molecular flexibility index (Phi) is 6.28. The summed E-state index contributed by atoms with van der Waals surface area (Å²) in [6, 6.07) is 68.0. The van der Waals surface area contributed by atoms with Crippen molar-refractivity contribution in [2.75, 3.05) is 9.80 Å². The molecule has 1 unspecified atom stereocenters. The lowest BCUT2D eigenvalue weighted by atomic mass is 9.98. The van der Waals surface area contributed by atoms with Gasteiger partial charge in [0.2, 0.25) is 0 Å². The summed E-state index contributed by atoms with van der Waals surface area (Å²) in [5.74, 6) is 0. The van der Waals surface area contributed by atoms with E-state index in [2.05, 4.69) is 213 Å². The number of aromatic nitrogens is 2. The number of pyridine rings is 1. The molecular weight excluding hydrogens is 633 g/mol. The molecule has 9 aromatic rings. The number of hydrogen-bond acceptors (Lipinski definition) is 2. The van der Waals surface area contributed by atoms with E-state index in [9.17, 15) is 0 Å². The first kappa shape index (κ1) is 28.9. The summed E-state index contributed by atoms with van der Waals surface area (Å²) in [4.78, 5) is 4.80. The molecule has 0 saturated heterocycles. The topological polar surface area (TPSA) is 15.3 Å². The van der Waals surface area contributed by atoms with Crippen molar-refractivity contribution < 1.29 is 4.57 Å². The lowest BCUT2D eigenvalue weighted by molar-refractivity contribution is -0.682. The van der Waals surface area contributed by atoms with E-state index in [0.717, 1.165) is 34.1 Å². The van der Waals surface area contributed by atoms with E-state index < -0.39 is 0 Å². The summed E-state index contributed by atoms with van der Waals surface area (Å²) in [5.41, 5.74) is 15.7. The molecular formula is C48H33N4+. The highest BCUT2D eigenvalue weighted by molar-refractivity contribution is 6.15. The Morgan fingerprint density at radius 1 is 0.462 bits per heavy atom. The molecule has 11 rings (SSSR count). The Morgan fingerprint density at radius 2 is 1.00 bits per heavy atom. The number of nitrogens with zero attached hydrogens (tertiary/aromatic N) is 4. The molecule has 1 aliphatic heterocycles. The lowest BCUT2D eigenvalue weighted by Crippen LogP contribution is -2.44. The van der Waals surface area contributed by atoms with Crippen LogP contribution in [0, 0.1) is 0 Å². The molecule has 7 aromatic carbocycles. The normalized spacial score (nSPS) is 13.6. The molecule has 0 amide bonds. The van der Waals surface area contributed by atoms with Gasteiger partial charge in [0, 0.05) is 45.8 Å². The van der Waals surface area contributed by atoms with Crippen molar-refractivity contribution in [3.05, 3.63) is 205 Å². The van der Waals surface area contributed by atoms with Crippen LogP contribution in [0.3, 0.4) is 0 Å². The Bertz CT molecular complexity index is 2710. The second-order valence-corrected chi connectivity index (χ2v) is 13.6. The molecule has 244 valence electrons. The molecule has 52 heavy (non-hydrogen) atoms. The fourth-order valence-electron chi connectivity index (χ4n) is 8.72. The second-order valence-electron chi connectivity index (χ2n) is 13.6. The van der Waals surface area contributed by atoms with Crippen LogP contribution in [-0.4, -0.2) is 4.57 Å². The second kappa shape index (κ2) is 11.3. The quantitative estimate of drug-likeness (QED) is 0.164. The molecule has 0 saturated carbocycles. The van der Waals surface area contributed by atoms with Crippen molar-refractivity contribution in [2.24, 2.45) is 0 Å². The summed E-state index contributed by atoms with van der Waals surface area (Å²) in [7, 11) is 0. The third-order valence-electron chi connectivity index (χ3n) is 10.8. The zero-order valence-corrected chi connectivity index (χ0v) is 28.3. The highest BCUT2D eigenvalue weighted by atomic mass is 15.2. The van der Waals surface area contributed by atoms with Gasteiger partial charge in [-0.15, -0.1) is 0 Å². The molecule has 2 aromatic heterocycles. The van der Waals surface area contributed by atoms with Gasteiger partial charge in [0.1, 0.15) is 16.6 Å². The number of anilines is 6. The summed E-state index contributed by atoms with van der Waals surface area (Å²) < 4.78 is 5.05. The third kappa shape index (κ3) is 4.12. The van der Waals surface area contributed by atoms with Crippen molar-refractivity contribution >= 4 is 56.1 Å². The lowest BCUT2D eigenvalue weighted by Gasteiger charge is -2.29. The van der Waals surface area contributed by atoms with Crippen molar-refractivity contribution in [3.8, 4) is 16.8 Å². The first-order valence-electron chi connectivity index (χ1n) is 17.9. The maximum absolute atomic E-state index is 2.53. The van der Waals surface area contributed by atoms with E-state index in [4.69, 9.17) is 0 Å². The molecule has 0 spiro atoms. The molecule has 4 heteroatoms. The average Bonchev–Trinajstić information content (AvgIpc) is 3.74. The fourth-order valence-corrected chi connectivity index (χ4v) is 8.72. The first-order chi connectivity index (χ1) is 25.8. The van der Waals surface area contributed by atoms with Crippen LogP contribution in [0.15, 0.2) is 194 Å². The zero-order valence-electron chi connectivity index (χ0n) is 28.3. The molecule has 4 nitrogen and oxygen atoms in total. The van der Waals surface area contributed by atoms with Crippen LogP contribution in [0.25, 0.3) is 38.8 Å². The number of fused-ring (bicyclic) bond motifs is 8. The Hall–Kier alpha value is -6.91. The van der Waals surface area contributed by atoms with E-state index in [1.54, 1.807) is 0 Å². The minimum atomic E-state index is 0.0485. The van der Waals surface area contributed by atoms with Crippen molar-refractivity contribution in [1.29, 1.82) is 0 Å². The molecule has 0 radical (unpaired) electrons. The molecule has 0 fully saturated rings. The van der Waals surface area contributed by atoms with Gasteiger partial charge in [0.25, 0.3) is 5.65 Å². The van der Waals surface area contributed by atoms with Gasteiger partial charge in [-0.2, -0.15) is 4.57 Å². The van der Waals surface area contributed by atoms with Gasteiger partial charge in [-0.1, -0.05) is 109 Å². The van der Waals surface area contributed by atoms with E-state index >= 15 is 0 Å². The van der Waals surface area contributed by atoms with Gasteiger partial charge in [0.05, 0.1) is 23.1 Å². The van der Waals surface area contributed by atoms with Crippen LogP contribution in [0.4, 0.5) is 34.1 Å². The van der Waals surface area contributed by atoms with Crippen LogP contribution >= 0.6 is 0 Å². The van der Waals surface area contributed by atoms with Gasteiger partial charge in [-0.3, -0.25) is 0 Å². The average molecular weight is 666 g/mol. The monoisotopic (exact) mass is 665 g/mol. The van der Waals surface area contributed by atoms with Crippen LogP contribution < -0.4 is 14.4 Å². The minimum absolute atomic E-state index is 0.0485. The Morgan fingerprint density at radius 3 is 1.63 bits per heavy atom. The molecule has 3 heterocycles. The molecule has 2 aliphatic rings. The molecule has 1 aliphatic carbocycles. The highest BCUT2D eigenvalue weighted by Crippen LogP contribution is 2.53. The summed E-state index contributed by atoms with van der Waals surface area (Å²) >= 11 is 0. The molecule has 1 atom stereocenters. The van der Waals surface area contributed by atoms with Crippen LogP contribution in [0.5, 0.6) is 0 Å². The largest absolute Gasteiger partial charge is 0.310 e. The summed E-state index contributed by atoms with van der Waals surface area (Å²) in [5, 5.41) is 2.46. The van der Waals surface area contributed by atoms with Crippen LogP contribution in [0.1, 0.15) is 17.2 Å². The van der Waals surface area contributed by atoms with Gasteiger partial charge in [-0.25, -0.2) is 4.57 Å². The maximum atomic E-state index is 2.53. The predicted octanol–water partition coefficient (Wildman–Crippen LogP) is 11.9. The summed E-state index contributed by atoms with van der Waals surface area (Å²) in [6.45, 7) is 0. The van der Waals surface area contributed by atoms with Crippen molar-refractivity contribution in [2.45, 2.75) is 6.04 Å². The standard InChI is InChI=1S/C48H33N4/c1-5-17-33(18-6-1)50(34-19-7-2-8-20-34)37-31-41-38-25-13-14-26-39(38)47-45(41)44(32-37)52-42-28-16-15-27-40(42)46-43(29-30-49(47)48(46)52)51(35-21-9-3-10-22-35)36-23-11-4-12-24-36/h1-32,47H/q+1. The Balaban J connectivity index is 1.26. The van der Waals surface area contributed by atoms with Crippen LogP contribution in [0.2, 0.25) is 0 Å². The number of benzene rings is 7. The Labute approximate surface area is 302 Å². The fraction of sp³-hybridized carbons (Fsp3) is 0.0208. The number of rotatable bonds is 6. The zero-order chi connectivity index (χ0) is 34.2. The smallest absolute Gasteiger partial charge is 0.298 e. The summed E-state index contributed by atoms with van der Waals surface area (Å²) in [6.07, 6.45) is 2.32. The van der Waals surface area contributed by atoms with E-state index in [1.807, 2.05) is 0 Å². The van der Waals surface area contributed by atoms with Crippen LogP contribution in [-0.2, 0) is 0 Å². The SMILES string of the molecule is c1ccc(N(c2ccccc2)c2cc3c4c(c2)-n2c5ccccc5c5c(N(c6ccccc6)c6ccccc6)cc[n+](c52)C4c2ccccc2-3)cc1. The molecule has 0 bridgehead atoms. The maximum Gasteiger partial charge on any atom is 0.298 e. The minimum Gasteiger partial charge on any atom is -0.310 e. The van der Waals surface area contributed by atoms with E-state index in [0.29, 0.717) is 0 Å². The van der Waals surface area contributed by atoms with Gasteiger partial charge >= 0.3 is 0 Å². The molecule has 0 N–H and O–H groups in total. The third-order valence-corrected chi connectivity index (χ3v) is 10.8. The van der Waals surface area contributed by atoms with Gasteiger partial charge in [-0.05, 0) is 77.9 Å². The highest BCUT2D eigenvalue weighted by Gasteiger charge is 2.45. The number of para-hydroxylation sites is 5.